The zero-order valence-corrected chi connectivity index (χ0v) is 12.0. The highest BCUT2D eigenvalue weighted by Crippen LogP contribution is 2.33. The third-order valence-corrected chi connectivity index (χ3v) is 4.47. The lowest BCUT2D eigenvalue weighted by Crippen LogP contribution is -2.35. The van der Waals surface area contributed by atoms with E-state index in [9.17, 15) is 0 Å². The highest BCUT2D eigenvalue weighted by atomic mass is 32.2. The SMILES string of the molecule is CO[C@@H]1COCC[C@H]1n1cc(SC)c2cccnc21. The van der Waals surface area contributed by atoms with Crippen molar-refractivity contribution in [3.63, 3.8) is 0 Å². The second-order valence-electron chi connectivity index (χ2n) is 4.68. The van der Waals surface area contributed by atoms with Gasteiger partial charge in [0.25, 0.3) is 0 Å². The topological polar surface area (TPSA) is 36.3 Å². The summed E-state index contributed by atoms with van der Waals surface area (Å²) >= 11 is 1.76. The maximum Gasteiger partial charge on any atom is 0.141 e. The molecule has 3 heterocycles. The summed E-state index contributed by atoms with van der Waals surface area (Å²) in [5, 5.41) is 1.22. The fourth-order valence-corrected chi connectivity index (χ4v) is 3.31. The van der Waals surface area contributed by atoms with Gasteiger partial charge in [0.1, 0.15) is 11.8 Å². The molecule has 2 atom stereocenters. The minimum atomic E-state index is 0.0982. The Morgan fingerprint density at radius 1 is 1.53 bits per heavy atom. The third kappa shape index (κ3) is 2.26. The van der Waals surface area contributed by atoms with E-state index in [0.717, 1.165) is 18.7 Å². The Labute approximate surface area is 117 Å². The first-order valence-electron chi connectivity index (χ1n) is 6.45. The van der Waals surface area contributed by atoms with Crippen LogP contribution >= 0.6 is 11.8 Å². The molecule has 5 heteroatoms. The van der Waals surface area contributed by atoms with E-state index in [1.54, 1.807) is 18.9 Å². The molecule has 1 fully saturated rings. The van der Waals surface area contributed by atoms with Gasteiger partial charge in [0.05, 0.1) is 12.6 Å². The van der Waals surface area contributed by atoms with Crippen molar-refractivity contribution in [3.05, 3.63) is 24.5 Å². The van der Waals surface area contributed by atoms with Crippen molar-refractivity contribution in [3.8, 4) is 0 Å². The molecule has 0 aromatic carbocycles. The average molecular weight is 278 g/mol. The molecular formula is C14H18N2O2S. The van der Waals surface area contributed by atoms with Crippen molar-refractivity contribution in [1.29, 1.82) is 0 Å². The van der Waals surface area contributed by atoms with Gasteiger partial charge in [-0.05, 0) is 24.8 Å². The van der Waals surface area contributed by atoms with Gasteiger partial charge in [0.2, 0.25) is 0 Å². The van der Waals surface area contributed by atoms with E-state index in [4.69, 9.17) is 9.47 Å². The highest BCUT2D eigenvalue weighted by Gasteiger charge is 2.28. The van der Waals surface area contributed by atoms with Crippen LogP contribution in [-0.2, 0) is 9.47 Å². The Kier molecular flexibility index (Phi) is 3.77. The van der Waals surface area contributed by atoms with Gasteiger partial charge < -0.3 is 14.0 Å². The lowest BCUT2D eigenvalue weighted by molar-refractivity contribution is -0.0593. The molecule has 19 heavy (non-hydrogen) atoms. The zero-order valence-electron chi connectivity index (χ0n) is 11.2. The smallest absolute Gasteiger partial charge is 0.141 e. The van der Waals surface area contributed by atoms with Gasteiger partial charge in [-0.2, -0.15) is 0 Å². The van der Waals surface area contributed by atoms with Crippen LogP contribution in [0.15, 0.2) is 29.4 Å². The number of aromatic nitrogens is 2. The van der Waals surface area contributed by atoms with Gasteiger partial charge >= 0.3 is 0 Å². The summed E-state index contributed by atoms with van der Waals surface area (Å²) in [6, 6.07) is 4.42. The van der Waals surface area contributed by atoms with Gasteiger partial charge in [-0.15, -0.1) is 11.8 Å². The second-order valence-corrected chi connectivity index (χ2v) is 5.53. The number of pyridine rings is 1. The quantitative estimate of drug-likeness (QED) is 0.809. The van der Waals surface area contributed by atoms with Crippen LogP contribution in [-0.4, -0.2) is 42.2 Å². The number of hydrogen-bond acceptors (Lipinski definition) is 4. The summed E-state index contributed by atoms with van der Waals surface area (Å²) in [7, 11) is 1.75. The van der Waals surface area contributed by atoms with Crippen LogP contribution < -0.4 is 0 Å². The number of hydrogen-bond donors (Lipinski definition) is 0. The molecule has 4 nitrogen and oxygen atoms in total. The number of thioether (sulfide) groups is 1. The largest absolute Gasteiger partial charge is 0.379 e. The van der Waals surface area contributed by atoms with Crippen molar-refractivity contribution in [2.45, 2.75) is 23.5 Å². The molecule has 0 saturated carbocycles. The molecule has 2 aromatic rings. The van der Waals surface area contributed by atoms with Crippen molar-refractivity contribution in [1.82, 2.24) is 9.55 Å². The van der Waals surface area contributed by atoms with Crippen molar-refractivity contribution >= 4 is 22.8 Å². The van der Waals surface area contributed by atoms with Crippen LogP contribution in [0.25, 0.3) is 11.0 Å². The molecule has 102 valence electrons. The summed E-state index contributed by atoms with van der Waals surface area (Å²) < 4.78 is 13.3. The van der Waals surface area contributed by atoms with E-state index < -0.39 is 0 Å². The maximum atomic E-state index is 5.57. The van der Waals surface area contributed by atoms with Gasteiger partial charge in [-0.25, -0.2) is 4.98 Å². The zero-order chi connectivity index (χ0) is 13.2. The first-order chi connectivity index (χ1) is 9.35. The Hall–Kier alpha value is -1.04. The number of rotatable bonds is 3. The Morgan fingerprint density at radius 2 is 2.42 bits per heavy atom. The Bertz CT molecular complexity index is 570. The molecule has 3 rings (SSSR count). The van der Waals surface area contributed by atoms with Crippen LogP contribution in [0.2, 0.25) is 0 Å². The number of methoxy groups -OCH3 is 1. The van der Waals surface area contributed by atoms with Gasteiger partial charge in [-0.1, -0.05) is 0 Å². The monoisotopic (exact) mass is 278 g/mol. The number of ether oxygens (including phenoxy) is 2. The minimum Gasteiger partial charge on any atom is -0.379 e. The van der Waals surface area contributed by atoms with Crippen LogP contribution in [0.4, 0.5) is 0 Å². The molecule has 0 amide bonds. The maximum absolute atomic E-state index is 5.57. The molecule has 0 bridgehead atoms. The van der Waals surface area contributed by atoms with Gasteiger partial charge in [0.15, 0.2) is 0 Å². The van der Waals surface area contributed by atoms with Crippen molar-refractivity contribution in [2.75, 3.05) is 26.6 Å². The summed E-state index contributed by atoms with van der Waals surface area (Å²) in [4.78, 5) is 5.81. The Balaban J connectivity index is 2.08. The van der Waals surface area contributed by atoms with E-state index in [0.29, 0.717) is 12.6 Å². The molecule has 1 aliphatic rings. The fraction of sp³-hybridized carbons (Fsp3) is 0.500. The summed E-state index contributed by atoms with van der Waals surface area (Å²) in [6.45, 7) is 1.44. The third-order valence-electron chi connectivity index (χ3n) is 3.70. The Morgan fingerprint density at radius 3 is 3.21 bits per heavy atom. The first kappa shape index (κ1) is 13.0. The predicted octanol–water partition coefficient (Wildman–Crippen LogP) is 2.73. The second kappa shape index (κ2) is 5.53. The highest BCUT2D eigenvalue weighted by molar-refractivity contribution is 7.98. The molecule has 2 aromatic heterocycles. The van der Waals surface area contributed by atoms with E-state index >= 15 is 0 Å². The molecule has 1 saturated heterocycles. The van der Waals surface area contributed by atoms with Crippen LogP contribution in [0.5, 0.6) is 0 Å². The van der Waals surface area contributed by atoms with Crippen molar-refractivity contribution in [2.24, 2.45) is 0 Å². The summed E-state index contributed by atoms with van der Waals surface area (Å²) in [6.07, 6.45) is 7.21. The molecular weight excluding hydrogens is 260 g/mol. The van der Waals surface area contributed by atoms with Crippen molar-refractivity contribution < 1.29 is 9.47 Å². The lowest BCUT2D eigenvalue weighted by atomic mass is 10.1. The van der Waals surface area contributed by atoms with Gasteiger partial charge in [-0.3, -0.25) is 0 Å². The average Bonchev–Trinajstić information content (AvgIpc) is 2.86. The number of fused-ring (bicyclic) bond motifs is 1. The lowest BCUT2D eigenvalue weighted by Gasteiger charge is -2.31. The molecule has 0 N–H and O–H groups in total. The fourth-order valence-electron chi connectivity index (χ4n) is 2.71. The molecule has 0 aliphatic carbocycles. The number of nitrogens with zero attached hydrogens (tertiary/aromatic N) is 2. The van der Waals surface area contributed by atoms with E-state index in [1.165, 1.54) is 10.3 Å². The van der Waals surface area contributed by atoms with Crippen LogP contribution in [0.1, 0.15) is 12.5 Å². The predicted molar refractivity (Wildman–Crippen MR) is 76.8 cm³/mol. The summed E-state index contributed by atoms with van der Waals surface area (Å²) in [5.74, 6) is 0. The van der Waals surface area contributed by atoms with Crippen LogP contribution in [0, 0.1) is 0 Å². The first-order valence-corrected chi connectivity index (χ1v) is 7.67. The molecule has 0 unspecified atom stereocenters. The van der Waals surface area contributed by atoms with Crippen LogP contribution in [0.3, 0.4) is 0 Å². The standard InChI is InChI=1S/C14H18N2O2S/c1-17-12-9-18-7-5-11(12)16-8-13(19-2)10-4-3-6-15-14(10)16/h3-4,6,8,11-12H,5,7,9H2,1-2H3/t11-,12-/m1/s1. The van der Waals surface area contributed by atoms with E-state index in [2.05, 4.69) is 28.1 Å². The normalized spacial score (nSPS) is 23.9. The minimum absolute atomic E-state index is 0.0982. The molecule has 0 radical (unpaired) electrons. The van der Waals surface area contributed by atoms with E-state index in [1.807, 2.05) is 12.3 Å². The van der Waals surface area contributed by atoms with E-state index in [-0.39, 0.29) is 6.10 Å². The molecule has 1 aliphatic heterocycles. The summed E-state index contributed by atoms with van der Waals surface area (Å²) in [5.41, 5.74) is 1.04. The molecule has 0 spiro atoms. The van der Waals surface area contributed by atoms with Gasteiger partial charge in [0, 0.05) is 36.4 Å².